The number of rotatable bonds is 18. The van der Waals surface area contributed by atoms with Crippen molar-refractivity contribution < 1.29 is 38.1 Å². The molecule has 0 radical (unpaired) electrons. The maximum absolute atomic E-state index is 13.9. The predicted octanol–water partition coefficient (Wildman–Crippen LogP) is 6.22. The van der Waals surface area contributed by atoms with E-state index in [0.29, 0.717) is 37.6 Å². The molecule has 1 fully saturated rings. The SMILES string of the molecule is CNC(=O)[C@@H](C)CNC(=O)[C@@H](C[C@@H]1OC(C)(C)N(C(=O)OC(C)(C)C)[C@H]1C[C@H](Cc1ccc(OC)c(OCCCOC)c1)C(C)C)C(C)C. The lowest BCUT2D eigenvalue weighted by atomic mass is 9.80. The van der Waals surface area contributed by atoms with Crippen LogP contribution >= 0.6 is 0 Å². The smallest absolute Gasteiger partial charge is 0.412 e. The number of nitrogens with one attached hydrogen (secondary N) is 2. The summed E-state index contributed by atoms with van der Waals surface area (Å²) in [6.07, 6.45) is 1.70. The number of carbonyl (C=O) groups is 3. The molecule has 0 saturated carbocycles. The van der Waals surface area contributed by atoms with Gasteiger partial charge in [-0.1, -0.05) is 40.7 Å². The Hall–Kier alpha value is -3.05. The van der Waals surface area contributed by atoms with E-state index in [-0.39, 0.29) is 48.1 Å². The van der Waals surface area contributed by atoms with Crippen molar-refractivity contribution in [3.05, 3.63) is 23.8 Å². The Bertz CT molecular complexity index is 1210. The fraction of sp³-hybridized carbons (Fsp3) is 0.763. The number of carbonyl (C=O) groups excluding carboxylic acids is 3. The number of hydrogen-bond donors (Lipinski definition) is 2. The molecule has 2 N–H and O–H groups in total. The third-order valence-corrected chi connectivity index (χ3v) is 9.24. The molecule has 1 aromatic carbocycles. The summed E-state index contributed by atoms with van der Waals surface area (Å²) in [5, 5.41) is 5.63. The van der Waals surface area contributed by atoms with Crippen LogP contribution in [-0.4, -0.2) is 87.3 Å². The van der Waals surface area contributed by atoms with Gasteiger partial charge < -0.3 is 34.3 Å². The molecule has 49 heavy (non-hydrogen) atoms. The molecule has 11 nitrogen and oxygen atoms in total. The standard InChI is InChI=1S/C38H65N3O8/c1-24(2)28(19-27-15-16-31(46-13)33(20-27)47-18-14-17-45-12)21-30-32(48-38(9,10)41(30)36(44)49-37(6,7)8)22-29(25(3)4)35(43)40-23-26(5)34(42)39-11/h15-16,20,24-26,28-30,32H,14,17-19,21-23H2,1-13H3,(H,39,42)(H,40,43)/t26-,28-,29-,30-,32-/m0/s1. The maximum atomic E-state index is 13.9. The second-order valence-corrected chi connectivity index (χ2v) is 15.5. The average molecular weight is 692 g/mol. The van der Waals surface area contributed by atoms with Gasteiger partial charge in [-0.15, -0.1) is 0 Å². The Kier molecular flexibility index (Phi) is 16.2. The van der Waals surface area contributed by atoms with E-state index in [1.165, 1.54) is 0 Å². The first kappa shape index (κ1) is 42.1. The minimum Gasteiger partial charge on any atom is -0.493 e. The predicted molar refractivity (Wildman–Crippen MR) is 192 cm³/mol. The summed E-state index contributed by atoms with van der Waals surface area (Å²) in [6, 6.07) is 5.69. The van der Waals surface area contributed by atoms with Crippen LogP contribution in [0.25, 0.3) is 0 Å². The molecule has 0 spiro atoms. The van der Waals surface area contributed by atoms with Crippen molar-refractivity contribution in [1.29, 1.82) is 0 Å². The number of benzene rings is 1. The monoisotopic (exact) mass is 691 g/mol. The molecular weight excluding hydrogens is 626 g/mol. The number of ether oxygens (including phenoxy) is 5. The molecular formula is C38H65N3O8. The number of hydrogen-bond acceptors (Lipinski definition) is 8. The highest BCUT2D eigenvalue weighted by Crippen LogP contribution is 2.41. The molecule has 1 aromatic rings. The zero-order chi connectivity index (χ0) is 37.1. The van der Waals surface area contributed by atoms with Gasteiger partial charge in [0, 0.05) is 39.6 Å². The van der Waals surface area contributed by atoms with E-state index in [1.54, 1.807) is 33.1 Å². The van der Waals surface area contributed by atoms with Gasteiger partial charge in [0.2, 0.25) is 11.8 Å². The first-order valence-corrected chi connectivity index (χ1v) is 17.8. The van der Waals surface area contributed by atoms with Crippen molar-refractivity contribution in [2.24, 2.45) is 29.6 Å². The van der Waals surface area contributed by atoms with E-state index in [4.69, 9.17) is 23.7 Å². The van der Waals surface area contributed by atoms with Crippen LogP contribution in [0.1, 0.15) is 94.1 Å². The molecule has 1 aliphatic rings. The van der Waals surface area contributed by atoms with Crippen molar-refractivity contribution in [2.45, 2.75) is 118 Å². The maximum Gasteiger partial charge on any atom is 0.412 e. The molecule has 11 heteroatoms. The minimum atomic E-state index is -0.964. The fourth-order valence-electron chi connectivity index (χ4n) is 6.41. The van der Waals surface area contributed by atoms with Crippen molar-refractivity contribution >= 4 is 17.9 Å². The van der Waals surface area contributed by atoms with Crippen molar-refractivity contribution in [1.82, 2.24) is 15.5 Å². The van der Waals surface area contributed by atoms with E-state index in [9.17, 15) is 14.4 Å². The summed E-state index contributed by atoms with van der Waals surface area (Å²) in [6.45, 7) is 20.9. The first-order chi connectivity index (χ1) is 22.8. The van der Waals surface area contributed by atoms with Crippen LogP contribution in [-0.2, 0) is 30.2 Å². The largest absolute Gasteiger partial charge is 0.493 e. The van der Waals surface area contributed by atoms with Crippen LogP contribution in [0.5, 0.6) is 11.5 Å². The Morgan fingerprint density at radius 1 is 0.959 bits per heavy atom. The summed E-state index contributed by atoms with van der Waals surface area (Å²) in [5.41, 5.74) is -0.559. The fourth-order valence-corrected chi connectivity index (χ4v) is 6.41. The summed E-state index contributed by atoms with van der Waals surface area (Å²) in [7, 11) is 4.89. The van der Waals surface area contributed by atoms with Crippen LogP contribution in [0, 0.1) is 29.6 Å². The molecule has 2 rings (SSSR count). The van der Waals surface area contributed by atoms with Crippen LogP contribution in [0.4, 0.5) is 4.79 Å². The van der Waals surface area contributed by atoms with Gasteiger partial charge in [-0.05, 0) is 89.3 Å². The topological polar surface area (TPSA) is 125 Å². The van der Waals surface area contributed by atoms with Gasteiger partial charge >= 0.3 is 6.09 Å². The van der Waals surface area contributed by atoms with Gasteiger partial charge in [0.25, 0.3) is 0 Å². The molecule has 5 atom stereocenters. The molecule has 1 saturated heterocycles. The highest BCUT2D eigenvalue weighted by molar-refractivity contribution is 5.81. The summed E-state index contributed by atoms with van der Waals surface area (Å²) in [4.78, 5) is 41.3. The lowest BCUT2D eigenvalue weighted by Crippen LogP contribution is -2.51. The van der Waals surface area contributed by atoms with Gasteiger partial charge in [0.15, 0.2) is 11.5 Å². The minimum absolute atomic E-state index is 0.000696. The quantitative estimate of drug-likeness (QED) is 0.174. The Morgan fingerprint density at radius 2 is 1.63 bits per heavy atom. The van der Waals surface area contributed by atoms with Crippen LogP contribution in [0.2, 0.25) is 0 Å². The highest BCUT2D eigenvalue weighted by atomic mass is 16.6. The lowest BCUT2D eigenvalue weighted by Gasteiger charge is -2.37. The Balaban J connectivity index is 2.44. The van der Waals surface area contributed by atoms with E-state index in [2.05, 4.69) is 30.5 Å². The van der Waals surface area contributed by atoms with Crippen LogP contribution in [0.3, 0.4) is 0 Å². The van der Waals surface area contributed by atoms with E-state index in [1.807, 2.05) is 60.6 Å². The number of nitrogens with zero attached hydrogens (tertiary/aromatic N) is 1. The lowest BCUT2D eigenvalue weighted by molar-refractivity contribution is -0.130. The van der Waals surface area contributed by atoms with Gasteiger partial charge in [0.1, 0.15) is 11.3 Å². The van der Waals surface area contributed by atoms with Crippen molar-refractivity contribution in [3.8, 4) is 11.5 Å². The third-order valence-electron chi connectivity index (χ3n) is 9.24. The second kappa shape index (κ2) is 18.8. The van der Waals surface area contributed by atoms with Gasteiger partial charge in [0.05, 0.1) is 31.8 Å². The van der Waals surface area contributed by atoms with Crippen molar-refractivity contribution in [3.63, 3.8) is 0 Å². The third kappa shape index (κ3) is 12.7. The van der Waals surface area contributed by atoms with Gasteiger partial charge in [-0.25, -0.2) is 4.79 Å². The molecule has 0 bridgehead atoms. The Morgan fingerprint density at radius 3 is 2.18 bits per heavy atom. The zero-order valence-corrected chi connectivity index (χ0v) is 32.4. The highest BCUT2D eigenvalue weighted by Gasteiger charge is 2.52. The van der Waals surface area contributed by atoms with E-state index >= 15 is 0 Å². The number of methoxy groups -OCH3 is 2. The second-order valence-electron chi connectivity index (χ2n) is 15.5. The summed E-state index contributed by atoms with van der Waals surface area (Å²) >= 11 is 0. The Labute approximate surface area is 295 Å². The zero-order valence-electron chi connectivity index (χ0n) is 32.4. The molecule has 0 unspecified atom stereocenters. The van der Waals surface area contributed by atoms with E-state index in [0.717, 1.165) is 18.4 Å². The molecule has 1 aliphatic heterocycles. The normalized spacial score (nSPS) is 19.4. The first-order valence-electron chi connectivity index (χ1n) is 17.8. The van der Waals surface area contributed by atoms with Gasteiger partial charge in [-0.3, -0.25) is 14.5 Å². The molecule has 0 aliphatic carbocycles. The van der Waals surface area contributed by atoms with Gasteiger partial charge in [-0.2, -0.15) is 0 Å². The van der Waals surface area contributed by atoms with E-state index < -0.39 is 29.4 Å². The van der Waals surface area contributed by atoms with Crippen LogP contribution < -0.4 is 20.1 Å². The molecule has 0 aromatic heterocycles. The van der Waals surface area contributed by atoms with Crippen LogP contribution in [0.15, 0.2) is 18.2 Å². The van der Waals surface area contributed by atoms with Crippen molar-refractivity contribution in [2.75, 3.05) is 41.0 Å². The average Bonchev–Trinajstić information content (AvgIpc) is 3.27. The molecule has 280 valence electrons. The molecule has 1 heterocycles. The summed E-state index contributed by atoms with van der Waals surface area (Å²) in [5.74, 6) is 0.782. The summed E-state index contributed by atoms with van der Waals surface area (Å²) < 4.78 is 29.5. The number of amides is 3. The molecule has 3 amide bonds.